The molecular formula is C17H21N. The molecule has 1 nitrogen and oxygen atoms in total. The number of nitrogens with two attached hydrogens (primary N) is 1. The molecule has 0 aliphatic rings. The normalized spacial score (nSPS) is 14.2. The third-order valence-electron chi connectivity index (χ3n) is 3.69. The lowest BCUT2D eigenvalue weighted by Gasteiger charge is -2.23. The zero-order valence-corrected chi connectivity index (χ0v) is 11.1. The van der Waals surface area contributed by atoms with Crippen molar-refractivity contribution in [3.63, 3.8) is 0 Å². The predicted molar refractivity (Wildman–Crippen MR) is 77.8 cm³/mol. The molecule has 18 heavy (non-hydrogen) atoms. The van der Waals surface area contributed by atoms with E-state index in [1.807, 2.05) is 0 Å². The molecule has 0 saturated carbocycles. The number of hydrogen-bond donors (Lipinski definition) is 1. The maximum absolute atomic E-state index is 5.98. The van der Waals surface area contributed by atoms with E-state index < -0.39 is 0 Å². The number of rotatable bonds is 4. The summed E-state index contributed by atoms with van der Waals surface area (Å²) in [5, 5.41) is 0. The van der Waals surface area contributed by atoms with Crippen LogP contribution >= 0.6 is 0 Å². The molecule has 2 unspecified atom stereocenters. The lowest BCUT2D eigenvalue weighted by atomic mass is 9.82. The zero-order valence-electron chi connectivity index (χ0n) is 11.1. The molecular weight excluding hydrogens is 218 g/mol. The Balaban J connectivity index is 2.26. The van der Waals surface area contributed by atoms with Crippen molar-refractivity contribution in [3.8, 4) is 0 Å². The smallest absolute Gasteiger partial charge is 0.00273 e. The van der Waals surface area contributed by atoms with Crippen molar-refractivity contribution in [1.82, 2.24) is 0 Å². The van der Waals surface area contributed by atoms with Gasteiger partial charge in [0.05, 0.1) is 0 Å². The van der Waals surface area contributed by atoms with Gasteiger partial charge in [0.1, 0.15) is 0 Å². The topological polar surface area (TPSA) is 26.0 Å². The lowest BCUT2D eigenvalue weighted by Crippen LogP contribution is -2.18. The first kappa shape index (κ1) is 12.8. The Morgan fingerprint density at radius 3 is 2.06 bits per heavy atom. The molecule has 0 amide bonds. The Bertz CT molecular complexity index is 473. The van der Waals surface area contributed by atoms with Gasteiger partial charge in [0, 0.05) is 5.92 Å². The highest BCUT2D eigenvalue weighted by Crippen LogP contribution is 2.31. The Labute approximate surface area is 110 Å². The summed E-state index contributed by atoms with van der Waals surface area (Å²) < 4.78 is 0. The zero-order chi connectivity index (χ0) is 13.0. The van der Waals surface area contributed by atoms with E-state index >= 15 is 0 Å². The maximum Gasteiger partial charge on any atom is 0.00273 e. The molecule has 0 saturated heterocycles. The molecule has 0 aromatic heterocycles. The number of aryl methyl sites for hydroxylation is 1. The fraction of sp³-hybridized carbons (Fsp3) is 0.294. The summed E-state index contributed by atoms with van der Waals surface area (Å²) in [4.78, 5) is 0. The van der Waals surface area contributed by atoms with Gasteiger partial charge >= 0.3 is 0 Å². The second kappa shape index (κ2) is 5.83. The molecule has 0 fully saturated rings. The fourth-order valence-electron chi connectivity index (χ4n) is 2.43. The SMILES string of the molecule is Cc1ccc(C(CN)C(C)c2ccccc2)cc1. The van der Waals surface area contributed by atoms with E-state index in [0.29, 0.717) is 18.4 Å². The largest absolute Gasteiger partial charge is 0.330 e. The fourth-order valence-corrected chi connectivity index (χ4v) is 2.43. The van der Waals surface area contributed by atoms with Gasteiger partial charge in [-0.05, 0) is 30.5 Å². The van der Waals surface area contributed by atoms with E-state index in [-0.39, 0.29) is 0 Å². The van der Waals surface area contributed by atoms with Crippen molar-refractivity contribution in [2.45, 2.75) is 25.7 Å². The molecule has 2 N–H and O–H groups in total. The van der Waals surface area contributed by atoms with Crippen LogP contribution < -0.4 is 5.73 Å². The lowest BCUT2D eigenvalue weighted by molar-refractivity contribution is 0.584. The Hall–Kier alpha value is -1.60. The van der Waals surface area contributed by atoms with Gasteiger partial charge in [-0.15, -0.1) is 0 Å². The summed E-state index contributed by atoms with van der Waals surface area (Å²) in [7, 11) is 0. The Morgan fingerprint density at radius 1 is 0.889 bits per heavy atom. The molecule has 0 bridgehead atoms. The van der Waals surface area contributed by atoms with Gasteiger partial charge in [-0.1, -0.05) is 67.1 Å². The van der Waals surface area contributed by atoms with Crippen molar-refractivity contribution >= 4 is 0 Å². The van der Waals surface area contributed by atoms with Gasteiger partial charge in [0.15, 0.2) is 0 Å². The van der Waals surface area contributed by atoms with Crippen LogP contribution in [0.4, 0.5) is 0 Å². The average molecular weight is 239 g/mol. The monoisotopic (exact) mass is 239 g/mol. The van der Waals surface area contributed by atoms with Crippen LogP contribution in [0.15, 0.2) is 54.6 Å². The van der Waals surface area contributed by atoms with E-state index in [4.69, 9.17) is 5.73 Å². The molecule has 2 aromatic carbocycles. The highest BCUT2D eigenvalue weighted by molar-refractivity contribution is 5.30. The molecule has 1 heteroatoms. The van der Waals surface area contributed by atoms with Gasteiger partial charge < -0.3 is 5.73 Å². The average Bonchev–Trinajstić information content (AvgIpc) is 2.42. The van der Waals surface area contributed by atoms with Gasteiger partial charge in [0.2, 0.25) is 0 Å². The summed E-state index contributed by atoms with van der Waals surface area (Å²) in [5.41, 5.74) is 9.96. The van der Waals surface area contributed by atoms with E-state index in [9.17, 15) is 0 Å². The Morgan fingerprint density at radius 2 is 1.50 bits per heavy atom. The molecule has 2 rings (SSSR count). The van der Waals surface area contributed by atoms with Crippen LogP contribution in [-0.2, 0) is 0 Å². The van der Waals surface area contributed by atoms with Gasteiger partial charge in [-0.2, -0.15) is 0 Å². The van der Waals surface area contributed by atoms with E-state index in [1.54, 1.807) is 0 Å². The molecule has 0 heterocycles. The van der Waals surface area contributed by atoms with E-state index in [1.165, 1.54) is 16.7 Å². The van der Waals surface area contributed by atoms with Crippen LogP contribution in [0.1, 0.15) is 35.4 Å². The molecule has 2 atom stereocenters. The van der Waals surface area contributed by atoms with Crippen LogP contribution in [0.3, 0.4) is 0 Å². The minimum absolute atomic E-state index is 0.382. The number of benzene rings is 2. The van der Waals surface area contributed by atoms with Gasteiger partial charge in [0.25, 0.3) is 0 Å². The standard InChI is InChI=1S/C17H21N/c1-13-8-10-16(11-9-13)17(12-18)14(2)15-6-4-3-5-7-15/h3-11,14,17H,12,18H2,1-2H3. The summed E-state index contributed by atoms with van der Waals surface area (Å²) in [6, 6.07) is 19.3. The third-order valence-corrected chi connectivity index (χ3v) is 3.69. The van der Waals surface area contributed by atoms with Crippen LogP contribution in [-0.4, -0.2) is 6.54 Å². The number of hydrogen-bond acceptors (Lipinski definition) is 1. The summed E-state index contributed by atoms with van der Waals surface area (Å²) in [5.74, 6) is 0.826. The van der Waals surface area contributed by atoms with Crippen LogP contribution in [0.5, 0.6) is 0 Å². The molecule has 94 valence electrons. The van der Waals surface area contributed by atoms with Crippen LogP contribution in [0.25, 0.3) is 0 Å². The first-order chi connectivity index (χ1) is 8.72. The molecule has 0 aliphatic carbocycles. The minimum Gasteiger partial charge on any atom is -0.330 e. The van der Waals surface area contributed by atoms with Crippen molar-refractivity contribution < 1.29 is 0 Å². The van der Waals surface area contributed by atoms with Crippen molar-refractivity contribution in [2.75, 3.05) is 6.54 Å². The van der Waals surface area contributed by atoms with Crippen LogP contribution in [0, 0.1) is 6.92 Å². The van der Waals surface area contributed by atoms with Gasteiger partial charge in [-0.25, -0.2) is 0 Å². The molecule has 0 spiro atoms. The summed E-state index contributed by atoms with van der Waals surface area (Å²) in [6.07, 6.45) is 0. The minimum atomic E-state index is 0.382. The molecule has 0 aliphatic heterocycles. The quantitative estimate of drug-likeness (QED) is 0.862. The predicted octanol–water partition coefficient (Wildman–Crippen LogP) is 3.84. The second-order valence-corrected chi connectivity index (χ2v) is 4.95. The van der Waals surface area contributed by atoms with Gasteiger partial charge in [-0.3, -0.25) is 0 Å². The molecule has 2 aromatic rings. The summed E-state index contributed by atoms with van der Waals surface area (Å²) in [6.45, 7) is 5.05. The maximum atomic E-state index is 5.98. The summed E-state index contributed by atoms with van der Waals surface area (Å²) >= 11 is 0. The highest BCUT2D eigenvalue weighted by Gasteiger charge is 2.19. The van der Waals surface area contributed by atoms with Crippen molar-refractivity contribution in [1.29, 1.82) is 0 Å². The first-order valence-electron chi connectivity index (χ1n) is 6.54. The highest BCUT2D eigenvalue weighted by atomic mass is 14.6. The van der Waals surface area contributed by atoms with E-state index in [2.05, 4.69) is 68.4 Å². The molecule has 0 radical (unpaired) electrons. The first-order valence-corrected chi connectivity index (χ1v) is 6.54. The van der Waals surface area contributed by atoms with E-state index in [0.717, 1.165) is 0 Å². The van der Waals surface area contributed by atoms with Crippen LogP contribution in [0.2, 0.25) is 0 Å². The Kier molecular flexibility index (Phi) is 4.16. The van der Waals surface area contributed by atoms with Crippen molar-refractivity contribution in [2.24, 2.45) is 5.73 Å². The second-order valence-electron chi connectivity index (χ2n) is 4.95. The van der Waals surface area contributed by atoms with Crippen molar-refractivity contribution in [3.05, 3.63) is 71.3 Å². The third kappa shape index (κ3) is 2.80.